The number of methoxy groups -OCH3 is 2. The third-order valence-corrected chi connectivity index (χ3v) is 4.07. The molecule has 2 aromatic heterocycles. The zero-order chi connectivity index (χ0) is 14.5. The van der Waals surface area contributed by atoms with Crippen LogP contribution < -0.4 is 11.1 Å². The molecule has 0 fully saturated rings. The molecule has 2 rings (SSSR count). The topological polar surface area (TPSA) is 86.5 Å². The number of anilines is 1. The van der Waals surface area contributed by atoms with Gasteiger partial charge in [0.15, 0.2) is 0 Å². The molecule has 1 amide bonds. The maximum atomic E-state index is 12.2. The Labute approximate surface area is 120 Å². The lowest BCUT2D eigenvalue weighted by atomic mass is 10.2. The van der Waals surface area contributed by atoms with Gasteiger partial charge in [0, 0.05) is 38.5 Å². The number of hydrogen-bond donors (Lipinski definition) is 2. The number of thiophene rings is 1. The molecule has 1 unspecified atom stereocenters. The maximum Gasteiger partial charge on any atom is 0.263 e. The summed E-state index contributed by atoms with van der Waals surface area (Å²) in [7, 11) is 3.17. The van der Waals surface area contributed by atoms with E-state index in [0.717, 1.165) is 10.1 Å². The van der Waals surface area contributed by atoms with Gasteiger partial charge in [-0.2, -0.15) is 0 Å². The van der Waals surface area contributed by atoms with E-state index in [-0.39, 0.29) is 12.0 Å². The van der Waals surface area contributed by atoms with E-state index in [1.54, 1.807) is 32.7 Å². The van der Waals surface area contributed by atoms with Gasteiger partial charge < -0.3 is 20.5 Å². The lowest BCUT2D eigenvalue weighted by Gasteiger charge is -2.14. The van der Waals surface area contributed by atoms with Crippen LogP contribution in [0.15, 0.2) is 18.5 Å². The van der Waals surface area contributed by atoms with E-state index in [2.05, 4.69) is 10.3 Å². The van der Waals surface area contributed by atoms with E-state index < -0.39 is 0 Å². The van der Waals surface area contributed by atoms with Gasteiger partial charge in [0.25, 0.3) is 5.91 Å². The number of nitrogens with one attached hydrogen (secondary N) is 1. The number of pyridine rings is 1. The van der Waals surface area contributed by atoms with E-state index in [4.69, 9.17) is 15.2 Å². The Bertz CT molecular complexity index is 600. The number of carbonyl (C=O) groups is 1. The molecule has 0 aromatic carbocycles. The number of carbonyl (C=O) groups excluding carboxylic acids is 1. The first-order chi connectivity index (χ1) is 9.67. The van der Waals surface area contributed by atoms with Gasteiger partial charge in [-0.25, -0.2) is 0 Å². The van der Waals surface area contributed by atoms with Crippen molar-refractivity contribution in [3.63, 3.8) is 0 Å². The molecular weight excluding hydrogens is 278 g/mol. The van der Waals surface area contributed by atoms with Crippen LogP contribution in [-0.4, -0.2) is 44.4 Å². The molecule has 1 atom stereocenters. The third-order valence-electron chi connectivity index (χ3n) is 2.91. The minimum atomic E-state index is -0.207. The molecule has 2 heterocycles. The first-order valence-corrected chi connectivity index (χ1v) is 6.91. The van der Waals surface area contributed by atoms with Crippen molar-refractivity contribution in [2.45, 2.75) is 6.10 Å². The Kier molecular flexibility index (Phi) is 4.89. The van der Waals surface area contributed by atoms with Gasteiger partial charge in [0.1, 0.15) is 4.88 Å². The molecule has 0 aliphatic carbocycles. The molecule has 0 radical (unpaired) electrons. The number of hydrogen-bond acceptors (Lipinski definition) is 6. The number of aromatic nitrogens is 1. The minimum Gasteiger partial charge on any atom is -0.397 e. The summed E-state index contributed by atoms with van der Waals surface area (Å²) < 4.78 is 11.1. The van der Waals surface area contributed by atoms with Crippen molar-refractivity contribution >= 4 is 33.0 Å². The van der Waals surface area contributed by atoms with Crippen molar-refractivity contribution in [1.29, 1.82) is 0 Å². The fourth-order valence-corrected chi connectivity index (χ4v) is 2.83. The standard InChI is InChI=1S/C13H17N3O3S/c1-18-7-8(19-2)5-16-13(17)12-11(14)9-3-4-15-6-10(9)20-12/h3-4,6,8H,5,7,14H2,1-2H3,(H,16,17). The molecule has 2 aromatic rings. The number of nitrogen functional groups attached to an aromatic ring is 1. The minimum absolute atomic E-state index is 0.179. The molecule has 0 saturated carbocycles. The Hall–Kier alpha value is -1.70. The molecule has 0 aliphatic heterocycles. The molecule has 0 aliphatic rings. The second-order valence-electron chi connectivity index (χ2n) is 4.24. The van der Waals surface area contributed by atoms with Gasteiger partial charge in [-0.1, -0.05) is 0 Å². The third kappa shape index (κ3) is 3.06. The summed E-state index contributed by atoms with van der Waals surface area (Å²) in [5.74, 6) is -0.207. The van der Waals surface area contributed by atoms with Crippen molar-refractivity contribution in [2.24, 2.45) is 0 Å². The van der Waals surface area contributed by atoms with Crippen molar-refractivity contribution in [3.05, 3.63) is 23.3 Å². The highest BCUT2D eigenvalue weighted by Gasteiger charge is 2.17. The normalized spacial score (nSPS) is 12.5. The fraction of sp³-hybridized carbons (Fsp3) is 0.385. The Morgan fingerprint density at radius 1 is 1.55 bits per heavy atom. The van der Waals surface area contributed by atoms with E-state index in [1.807, 2.05) is 0 Å². The largest absolute Gasteiger partial charge is 0.397 e. The molecule has 0 saturated heterocycles. The van der Waals surface area contributed by atoms with Crippen LogP contribution in [0.4, 0.5) is 5.69 Å². The Morgan fingerprint density at radius 2 is 2.35 bits per heavy atom. The van der Waals surface area contributed by atoms with Crippen LogP contribution in [0.3, 0.4) is 0 Å². The van der Waals surface area contributed by atoms with Gasteiger partial charge in [-0.3, -0.25) is 9.78 Å². The molecule has 0 spiro atoms. The van der Waals surface area contributed by atoms with Crippen LogP contribution in [-0.2, 0) is 9.47 Å². The average Bonchev–Trinajstić information content (AvgIpc) is 2.81. The molecule has 7 heteroatoms. The first-order valence-electron chi connectivity index (χ1n) is 6.09. The molecule has 6 nitrogen and oxygen atoms in total. The van der Waals surface area contributed by atoms with Gasteiger partial charge in [-0.05, 0) is 6.07 Å². The maximum absolute atomic E-state index is 12.2. The number of fused-ring (bicyclic) bond motifs is 1. The van der Waals surface area contributed by atoms with Crippen molar-refractivity contribution < 1.29 is 14.3 Å². The molecule has 108 valence electrons. The highest BCUT2D eigenvalue weighted by molar-refractivity contribution is 7.21. The molecule has 0 bridgehead atoms. The van der Waals surface area contributed by atoms with Gasteiger partial charge in [0.2, 0.25) is 0 Å². The van der Waals surface area contributed by atoms with E-state index >= 15 is 0 Å². The first kappa shape index (κ1) is 14.7. The van der Waals surface area contributed by atoms with E-state index in [9.17, 15) is 4.79 Å². The van der Waals surface area contributed by atoms with Gasteiger partial charge in [-0.15, -0.1) is 11.3 Å². The quantitative estimate of drug-likeness (QED) is 0.838. The zero-order valence-electron chi connectivity index (χ0n) is 11.4. The summed E-state index contributed by atoms with van der Waals surface area (Å²) >= 11 is 1.33. The smallest absolute Gasteiger partial charge is 0.263 e. The number of rotatable bonds is 6. The number of nitrogens with two attached hydrogens (primary N) is 1. The molecular formula is C13H17N3O3S. The molecule has 3 N–H and O–H groups in total. The second-order valence-corrected chi connectivity index (χ2v) is 5.29. The predicted molar refractivity (Wildman–Crippen MR) is 79.0 cm³/mol. The van der Waals surface area contributed by atoms with Crippen LogP contribution in [0.5, 0.6) is 0 Å². The summed E-state index contributed by atoms with van der Waals surface area (Å²) in [5, 5.41) is 3.66. The number of amides is 1. The summed E-state index contributed by atoms with van der Waals surface area (Å²) in [5.41, 5.74) is 6.49. The van der Waals surface area contributed by atoms with E-state index in [1.165, 1.54) is 11.3 Å². The number of nitrogens with zero attached hydrogens (tertiary/aromatic N) is 1. The summed E-state index contributed by atoms with van der Waals surface area (Å²) in [6.07, 6.45) is 3.18. The summed E-state index contributed by atoms with van der Waals surface area (Å²) in [6.45, 7) is 0.789. The fourth-order valence-electron chi connectivity index (χ4n) is 1.82. The van der Waals surface area contributed by atoms with Crippen LogP contribution in [0.1, 0.15) is 9.67 Å². The highest BCUT2D eigenvalue weighted by atomic mass is 32.1. The predicted octanol–water partition coefficient (Wildman–Crippen LogP) is 1.27. The summed E-state index contributed by atoms with van der Waals surface area (Å²) in [4.78, 5) is 16.7. The summed E-state index contributed by atoms with van der Waals surface area (Å²) in [6, 6.07) is 1.81. The van der Waals surface area contributed by atoms with Crippen LogP contribution >= 0.6 is 11.3 Å². The van der Waals surface area contributed by atoms with E-state index in [0.29, 0.717) is 23.7 Å². The van der Waals surface area contributed by atoms with Crippen LogP contribution in [0.25, 0.3) is 10.1 Å². The van der Waals surface area contributed by atoms with Crippen molar-refractivity contribution in [2.75, 3.05) is 33.1 Å². The highest BCUT2D eigenvalue weighted by Crippen LogP contribution is 2.32. The van der Waals surface area contributed by atoms with Crippen LogP contribution in [0, 0.1) is 0 Å². The average molecular weight is 295 g/mol. The zero-order valence-corrected chi connectivity index (χ0v) is 12.2. The second kappa shape index (κ2) is 6.65. The monoisotopic (exact) mass is 295 g/mol. The number of ether oxygens (including phenoxy) is 2. The molecule has 20 heavy (non-hydrogen) atoms. The van der Waals surface area contributed by atoms with Crippen molar-refractivity contribution in [3.8, 4) is 0 Å². The van der Waals surface area contributed by atoms with Gasteiger partial charge in [0.05, 0.1) is 23.1 Å². The van der Waals surface area contributed by atoms with Crippen LogP contribution in [0.2, 0.25) is 0 Å². The SMILES string of the molecule is COCC(CNC(=O)c1sc2cnccc2c1N)OC. The van der Waals surface area contributed by atoms with Crippen molar-refractivity contribution in [1.82, 2.24) is 10.3 Å². The Balaban J connectivity index is 2.09. The Morgan fingerprint density at radius 3 is 3.00 bits per heavy atom. The lowest BCUT2D eigenvalue weighted by molar-refractivity contribution is 0.0286. The lowest BCUT2D eigenvalue weighted by Crippen LogP contribution is -2.35. The van der Waals surface area contributed by atoms with Gasteiger partial charge >= 0.3 is 0 Å².